The predicted octanol–water partition coefficient (Wildman–Crippen LogP) is 6.93. The van der Waals surface area contributed by atoms with Crippen LogP contribution in [-0.4, -0.2) is 24.9 Å². The van der Waals surface area contributed by atoms with Crippen LogP contribution in [0.25, 0.3) is 0 Å². The zero-order valence-electron chi connectivity index (χ0n) is 20.9. The molecule has 0 saturated carbocycles. The van der Waals surface area contributed by atoms with Crippen LogP contribution >= 0.6 is 27.5 Å². The van der Waals surface area contributed by atoms with E-state index in [0.717, 1.165) is 49.7 Å². The molecule has 0 unspecified atom stereocenters. The Labute approximate surface area is 238 Å². The summed E-state index contributed by atoms with van der Waals surface area (Å²) in [5, 5.41) is 3.02. The van der Waals surface area contributed by atoms with Crippen molar-refractivity contribution in [3.63, 3.8) is 0 Å². The maximum absolute atomic E-state index is 13.2. The van der Waals surface area contributed by atoms with E-state index in [4.69, 9.17) is 11.6 Å². The minimum absolute atomic E-state index is 0.0706. The van der Waals surface area contributed by atoms with Gasteiger partial charge >= 0.3 is 6.18 Å². The summed E-state index contributed by atoms with van der Waals surface area (Å²) in [5.74, 6) is -0.908. The first kappa shape index (κ1) is 28.9. The lowest BCUT2D eigenvalue weighted by atomic mass is 10.1. The Morgan fingerprint density at radius 2 is 1.69 bits per heavy atom. The van der Waals surface area contributed by atoms with Crippen molar-refractivity contribution in [2.75, 3.05) is 23.3 Å². The van der Waals surface area contributed by atoms with Crippen molar-refractivity contribution in [1.82, 2.24) is 10.9 Å². The van der Waals surface area contributed by atoms with Crippen molar-refractivity contribution in [2.24, 2.45) is 0 Å². The largest absolute Gasteiger partial charge is 0.417 e. The van der Waals surface area contributed by atoms with Crippen LogP contribution in [0.1, 0.15) is 56.7 Å². The number of halogens is 5. The van der Waals surface area contributed by atoms with Crippen molar-refractivity contribution in [2.45, 2.75) is 37.3 Å². The third-order valence-electron chi connectivity index (χ3n) is 6.39. The van der Waals surface area contributed by atoms with Gasteiger partial charge in [-0.3, -0.25) is 15.0 Å². The fraction of sp³-hybridized carbons (Fsp3) is 0.286. The molecule has 0 aromatic heterocycles. The number of rotatable bonds is 8. The molecule has 0 aliphatic carbocycles. The van der Waals surface area contributed by atoms with Crippen molar-refractivity contribution >= 4 is 50.7 Å². The molecule has 1 fully saturated rings. The van der Waals surface area contributed by atoms with Gasteiger partial charge in [0.2, 0.25) is 0 Å². The molecule has 0 radical (unpaired) electrons. The van der Waals surface area contributed by atoms with Gasteiger partial charge in [0.1, 0.15) is 0 Å². The van der Waals surface area contributed by atoms with Crippen molar-refractivity contribution < 1.29 is 22.8 Å². The first-order valence-electron chi connectivity index (χ1n) is 12.4. The van der Waals surface area contributed by atoms with Crippen LogP contribution < -0.4 is 21.1 Å². The zero-order valence-corrected chi connectivity index (χ0v) is 23.2. The molecule has 4 rings (SSSR count). The summed E-state index contributed by atoms with van der Waals surface area (Å²) in [7, 11) is 0. The number of amides is 2. The second-order valence-corrected chi connectivity index (χ2v) is 10.2. The van der Waals surface area contributed by atoms with E-state index in [1.807, 2.05) is 12.1 Å². The summed E-state index contributed by atoms with van der Waals surface area (Å²) in [6.07, 6.45) is -1.35. The number of nitrogens with one attached hydrogen (secondary N) is 3. The molecule has 6 nitrogen and oxygen atoms in total. The number of piperidine rings is 1. The van der Waals surface area contributed by atoms with Gasteiger partial charge in [-0.05, 0) is 72.9 Å². The molecule has 3 aromatic rings. The molecule has 0 bridgehead atoms. The van der Waals surface area contributed by atoms with Crippen molar-refractivity contribution in [1.29, 1.82) is 0 Å². The number of anilines is 2. The van der Waals surface area contributed by atoms with Gasteiger partial charge < -0.3 is 10.2 Å². The molecular weight excluding hydrogens is 597 g/mol. The van der Waals surface area contributed by atoms with Crippen LogP contribution in [0.2, 0.25) is 5.02 Å². The molecule has 3 N–H and O–H groups in total. The number of benzene rings is 3. The lowest BCUT2D eigenvalue weighted by Crippen LogP contribution is -2.37. The van der Waals surface area contributed by atoms with E-state index in [2.05, 4.69) is 37.0 Å². The van der Waals surface area contributed by atoms with Gasteiger partial charge in [-0.2, -0.15) is 13.2 Å². The maximum Gasteiger partial charge on any atom is 0.417 e. The van der Waals surface area contributed by atoms with Crippen LogP contribution in [0.5, 0.6) is 0 Å². The van der Waals surface area contributed by atoms with Crippen LogP contribution in [0.15, 0.2) is 60.7 Å². The Morgan fingerprint density at radius 3 is 2.41 bits per heavy atom. The summed E-state index contributed by atoms with van der Waals surface area (Å²) in [6.45, 7) is 1.66. The highest BCUT2D eigenvalue weighted by molar-refractivity contribution is 9.08. The smallest absolute Gasteiger partial charge is 0.372 e. The molecule has 0 spiro atoms. The van der Waals surface area contributed by atoms with Gasteiger partial charge in [-0.25, -0.2) is 5.43 Å². The third kappa shape index (κ3) is 7.52. The lowest BCUT2D eigenvalue weighted by Gasteiger charge is -2.29. The minimum Gasteiger partial charge on any atom is -0.372 e. The summed E-state index contributed by atoms with van der Waals surface area (Å²) < 4.78 is 39.6. The number of carbonyl (C=O) groups excluding carboxylic acids is 2. The number of alkyl halides is 4. The highest BCUT2D eigenvalue weighted by Crippen LogP contribution is 2.35. The van der Waals surface area contributed by atoms with Gasteiger partial charge in [0.25, 0.3) is 11.8 Å². The molecule has 1 aliphatic heterocycles. The Morgan fingerprint density at radius 1 is 0.923 bits per heavy atom. The van der Waals surface area contributed by atoms with Crippen LogP contribution in [0, 0.1) is 0 Å². The summed E-state index contributed by atoms with van der Waals surface area (Å²) in [5.41, 5.74) is 7.33. The van der Waals surface area contributed by atoms with Crippen molar-refractivity contribution in [3.8, 4) is 0 Å². The third-order valence-corrected chi connectivity index (χ3v) is 7.37. The molecule has 1 saturated heterocycles. The van der Waals surface area contributed by atoms with Crippen LogP contribution in [-0.2, 0) is 18.1 Å². The lowest BCUT2D eigenvalue weighted by molar-refractivity contribution is -0.137. The van der Waals surface area contributed by atoms with Crippen LogP contribution in [0.4, 0.5) is 24.5 Å². The van der Waals surface area contributed by atoms with E-state index in [0.29, 0.717) is 16.6 Å². The van der Waals surface area contributed by atoms with Gasteiger partial charge in [0.15, 0.2) is 0 Å². The van der Waals surface area contributed by atoms with Crippen molar-refractivity contribution in [3.05, 3.63) is 93.5 Å². The van der Waals surface area contributed by atoms with Gasteiger partial charge in [0.05, 0.1) is 21.8 Å². The van der Waals surface area contributed by atoms with Gasteiger partial charge in [0, 0.05) is 36.2 Å². The summed E-state index contributed by atoms with van der Waals surface area (Å²) in [4.78, 5) is 28.4. The molecule has 0 atom stereocenters. The number of carbonyl (C=O) groups is 2. The van der Waals surface area contributed by atoms with Gasteiger partial charge in [-0.1, -0.05) is 45.7 Å². The second kappa shape index (κ2) is 12.8. The molecule has 11 heteroatoms. The highest BCUT2D eigenvalue weighted by Gasteiger charge is 2.33. The van der Waals surface area contributed by atoms with E-state index in [1.165, 1.54) is 12.1 Å². The Hall–Kier alpha value is -3.08. The highest BCUT2D eigenvalue weighted by atomic mass is 79.9. The Balaban J connectivity index is 1.53. The molecule has 1 aliphatic rings. The molecule has 3 aromatic carbocycles. The average Bonchev–Trinajstić information content (AvgIpc) is 2.94. The van der Waals surface area contributed by atoms with E-state index in [9.17, 15) is 22.8 Å². The average molecular weight is 624 g/mol. The number of nitrogens with zero attached hydrogens (tertiary/aromatic N) is 1. The van der Waals surface area contributed by atoms with E-state index in [1.54, 1.807) is 30.3 Å². The SMILES string of the molecule is O=C(Nc1ccc(N2CCCCC2)cc1C(=O)NNCc1ccc(Cl)c(C(F)(F)F)c1)c1cccc(CBr)c1. The Kier molecular flexibility index (Phi) is 9.53. The normalized spacial score (nSPS) is 13.7. The molecule has 39 heavy (non-hydrogen) atoms. The quantitative estimate of drug-likeness (QED) is 0.188. The first-order chi connectivity index (χ1) is 18.7. The molecular formula is C28H27BrClF3N4O2. The maximum atomic E-state index is 13.2. The predicted molar refractivity (Wildman–Crippen MR) is 150 cm³/mol. The fourth-order valence-corrected chi connectivity index (χ4v) is 4.94. The Bertz CT molecular complexity index is 1350. The fourth-order valence-electron chi connectivity index (χ4n) is 4.36. The van der Waals surface area contributed by atoms with Crippen LogP contribution in [0.3, 0.4) is 0 Å². The number of hydrogen-bond donors (Lipinski definition) is 3. The monoisotopic (exact) mass is 622 g/mol. The number of hydrazine groups is 1. The molecule has 2 amide bonds. The summed E-state index contributed by atoms with van der Waals surface area (Å²) >= 11 is 9.08. The summed E-state index contributed by atoms with van der Waals surface area (Å²) in [6, 6.07) is 15.9. The minimum atomic E-state index is -4.59. The zero-order chi connectivity index (χ0) is 28.0. The first-order valence-corrected chi connectivity index (χ1v) is 13.9. The van der Waals surface area contributed by atoms with E-state index >= 15 is 0 Å². The second-order valence-electron chi connectivity index (χ2n) is 9.19. The molecule has 1 heterocycles. The molecule has 206 valence electrons. The number of hydrogen-bond acceptors (Lipinski definition) is 4. The van der Waals surface area contributed by atoms with E-state index < -0.39 is 22.7 Å². The standard InChI is InChI=1S/C28H27BrClF3N4O2/c29-16-18-5-4-6-20(13-18)26(38)35-25-10-8-21(37-11-2-1-3-12-37)15-22(25)27(39)36-34-17-19-7-9-24(30)23(14-19)28(31,32)33/h4-10,13-15,34H,1-3,11-12,16-17H2,(H,35,38)(H,36,39). The topological polar surface area (TPSA) is 73.5 Å². The van der Waals surface area contributed by atoms with E-state index in [-0.39, 0.29) is 23.6 Å². The van der Waals surface area contributed by atoms with Gasteiger partial charge in [-0.15, -0.1) is 0 Å².